The van der Waals surface area contributed by atoms with Gasteiger partial charge in [-0.1, -0.05) is 12.8 Å². The second-order valence-electron chi connectivity index (χ2n) is 4.75. The van der Waals surface area contributed by atoms with Gasteiger partial charge in [0.1, 0.15) is 0 Å². The Labute approximate surface area is 106 Å². The molecule has 1 aliphatic rings. The lowest BCUT2D eigenvalue weighted by molar-refractivity contribution is 0.0696. The van der Waals surface area contributed by atoms with Crippen molar-refractivity contribution in [3.05, 3.63) is 29.3 Å². The van der Waals surface area contributed by atoms with Crippen LogP contribution >= 0.6 is 11.8 Å². The van der Waals surface area contributed by atoms with Crippen LogP contribution in [0.2, 0.25) is 0 Å². The largest absolute Gasteiger partial charge is 0.478 e. The van der Waals surface area contributed by atoms with E-state index in [0.717, 1.165) is 11.5 Å². The molecular formula is C14H18O2S. The van der Waals surface area contributed by atoms with E-state index in [1.54, 1.807) is 12.1 Å². The molecule has 0 unspecified atom stereocenters. The fourth-order valence-corrected chi connectivity index (χ4v) is 3.53. The number of benzene rings is 1. The van der Waals surface area contributed by atoms with Gasteiger partial charge < -0.3 is 5.11 Å². The Morgan fingerprint density at radius 1 is 1.41 bits per heavy atom. The van der Waals surface area contributed by atoms with E-state index in [2.05, 4.69) is 0 Å². The highest BCUT2D eigenvalue weighted by molar-refractivity contribution is 7.99. The molecule has 1 fully saturated rings. The number of aryl methyl sites for hydroxylation is 1. The third-order valence-corrected chi connectivity index (χ3v) is 4.78. The van der Waals surface area contributed by atoms with Gasteiger partial charge in [-0.05, 0) is 49.4 Å². The number of carboxylic acid groups (broad SMARTS) is 1. The summed E-state index contributed by atoms with van der Waals surface area (Å²) in [5, 5.41) is 8.90. The number of hydrogen-bond donors (Lipinski definition) is 1. The molecule has 0 heterocycles. The molecule has 2 nitrogen and oxygen atoms in total. The molecule has 0 spiro atoms. The lowest BCUT2D eigenvalue weighted by atomic mass is 10.1. The van der Waals surface area contributed by atoms with Crippen molar-refractivity contribution in [1.82, 2.24) is 0 Å². The van der Waals surface area contributed by atoms with Crippen LogP contribution in [0.5, 0.6) is 0 Å². The van der Waals surface area contributed by atoms with Crippen LogP contribution in [0.25, 0.3) is 0 Å². The Morgan fingerprint density at radius 3 is 2.71 bits per heavy atom. The van der Waals surface area contributed by atoms with E-state index in [-0.39, 0.29) is 0 Å². The van der Waals surface area contributed by atoms with Crippen LogP contribution in [0.1, 0.15) is 41.6 Å². The first-order valence-electron chi connectivity index (χ1n) is 6.13. The average Bonchev–Trinajstić information content (AvgIpc) is 2.80. The second-order valence-corrected chi connectivity index (χ2v) is 5.81. The highest BCUT2D eigenvalue weighted by atomic mass is 32.2. The number of carboxylic acids is 1. The van der Waals surface area contributed by atoms with E-state index in [1.807, 2.05) is 24.8 Å². The number of aromatic carboxylic acids is 1. The molecule has 0 aliphatic heterocycles. The molecule has 0 radical (unpaired) electrons. The fraction of sp³-hybridized carbons (Fsp3) is 0.500. The molecule has 0 saturated heterocycles. The van der Waals surface area contributed by atoms with Crippen molar-refractivity contribution in [3.63, 3.8) is 0 Å². The minimum Gasteiger partial charge on any atom is -0.478 e. The van der Waals surface area contributed by atoms with Crippen molar-refractivity contribution >= 4 is 17.7 Å². The minimum absolute atomic E-state index is 0.382. The predicted molar refractivity (Wildman–Crippen MR) is 70.8 cm³/mol. The molecule has 0 bridgehead atoms. The highest BCUT2D eigenvalue weighted by Gasteiger charge is 2.15. The van der Waals surface area contributed by atoms with Crippen molar-refractivity contribution in [3.8, 4) is 0 Å². The fourth-order valence-electron chi connectivity index (χ4n) is 2.33. The summed E-state index contributed by atoms with van der Waals surface area (Å²) in [6, 6.07) is 5.41. The summed E-state index contributed by atoms with van der Waals surface area (Å²) in [5.41, 5.74) is 1.46. The lowest BCUT2D eigenvalue weighted by Gasteiger charge is -2.10. The Morgan fingerprint density at radius 2 is 2.12 bits per heavy atom. The summed E-state index contributed by atoms with van der Waals surface area (Å²) in [7, 11) is 0. The Hall–Kier alpha value is -0.960. The molecule has 1 N–H and O–H groups in total. The van der Waals surface area contributed by atoms with Gasteiger partial charge in [0, 0.05) is 10.6 Å². The molecule has 1 aliphatic carbocycles. The van der Waals surface area contributed by atoms with Crippen molar-refractivity contribution in [2.24, 2.45) is 5.92 Å². The number of hydrogen-bond acceptors (Lipinski definition) is 2. The maximum Gasteiger partial charge on any atom is 0.335 e. The van der Waals surface area contributed by atoms with Gasteiger partial charge in [0.05, 0.1) is 5.56 Å². The van der Waals surface area contributed by atoms with E-state index in [1.165, 1.54) is 36.3 Å². The van der Waals surface area contributed by atoms with E-state index in [4.69, 9.17) is 5.11 Å². The van der Waals surface area contributed by atoms with Crippen molar-refractivity contribution in [2.45, 2.75) is 37.5 Å². The zero-order valence-electron chi connectivity index (χ0n) is 10.1. The zero-order valence-corrected chi connectivity index (χ0v) is 10.9. The van der Waals surface area contributed by atoms with Crippen LogP contribution in [0, 0.1) is 12.8 Å². The number of rotatable bonds is 4. The second kappa shape index (κ2) is 5.58. The maximum absolute atomic E-state index is 10.8. The first kappa shape index (κ1) is 12.5. The molecule has 17 heavy (non-hydrogen) atoms. The van der Waals surface area contributed by atoms with E-state index >= 15 is 0 Å². The summed E-state index contributed by atoms with van der Waals surface area (Å²) in [4.78, 5) is 12.0. The smallest absolute Gasteiger partial charge is 0.335 e. The third kappa shape index (κ3) is 3.25. The predicted octanol–water partition coefficient (Wildman–Crippen LogP) is 3.98. The van der Waals surface area contributed by atoms with E-state index < -0.39 is 5.97 Å². The van der Waals surface area contributed by atoms with Gasteiger partial charge in [0.2, 0.25) is 0 Å². The molecule has 0 amide bonds. The van der Waals surface area contributed by atoms with Gasteiger partial charge in [-0.15, -0.1) is 11.8 Å². The van der Waals surface area contributed by atoms with Crippen LogP contribution in [0.3, 0.4) is 0 Å². The van der Waals surface area contributed by atoms with Gasteiger partial charge in [0.25, 0.3) is 0 Å². The summed E-state index contributed by atoms with van der Waals surface area (Å²) >= 11 is 1.87. The van der Waals surface area contributed by atoms with Crippen molar-refractivity contribution < 1.29 is 9.90 Å². The standard InChI is InChI=1S/C14H18O2S/c1-10-8-12(14(15)16)6-7-13(10)17-9-11-4-2-3-5-11/h6-8,11H,2-5,9H2,1H3,(H,15,16). The van der Waals surface area contributed by atoms with Crippen LogP contribution in [-0.2, 0) is 0 Å². The molecule has 0 aromatic heterocycles. The Bertz CT molecular complexity index is 409. The van der Waals surface area contributed by atoms with E-state index in [0.29, 0.717) is 5.56 Å². The van der Waals surface area contributed by atoms with Crippen LogP contribution in [0.15, 0.2) is 23.1 Å². The molecule has 1 aromatic rings. The number of thioether (sulfide) groups is 1. The molecule has 1 saturated carbocycles. The summed E-state index contributed by atoms with van der Waals surface area (Å²) in [5.74, 6) is 1.19. The summed E-state index contributed by atoms with van der Waals surface area (Å²) in [6.45, 7) is 1.99. The third-order valence-electron chi connectivity index (χ3n) is 3.37. The highest BCUT2D eigenvalue weighted by Crippen LogP contribution is 2.32. The minimum atomic E-state index is -0.847. The Kier molecular flexibility index (Phi) is 4.11. The molecule has 3 heteroatoms. The number of carbonyl (C=O) groups is 1. The lowest BCUT2D eigenvalue weighted by Crippen LogP contribution is -1.99. The van der Waals surface area contributed by atoms with E-state index in [9.17, 15) is 4.79 Å². The van der Waals surface area contributed by atoms with Gasteiger partial charge in [-0.3, -0.25) is 0 Å². The topological polar surface area (TPSA) is 37.3 Å². The van der Waals surface area contributed by atoms with Crippen LogP contribution in [-0.4, -0.2) is 16.8 Å². The quantitative estimate of drug-likeness (QED) is 0.821. The summed E-state index contributed by atoms with van der Waals surface area (Å²) in [6.07, 6.45) is 5.48. The summed E-state index contributed by atoms with van der Waals surface area (Å²) < 4.78 is 0. The molecular weight excluding hydrogens is 232 g/mol. The van der Waals surface area contributed by atoms with Crippen LogP contribution in [0.4, 0.5) is 0 Å². The zero-order chi connectivity index (χ0) is 12.3. The SMILES string of the molecule is Cc1cc(C(=O)O)ccc1SCC1CCCC1. The van der Waals surface area contributed by atoms with Crippen LogP contribution < -0.4 is 0 Å². The first-order chi connectivity index (χ1) is 8.16. The monoisotopic (exact) mass is 250 g/mol. The molecule has 2 rings (SSSR count). The van der Waals surface area contributed by atoms with Crippen molar-refractivity contribution in [1.29, 1.82) is 0 Å². The van der Waals surface area contributed by atoms with Crippen molar-refractivity contribution in [2.75, 3.05) is 5.75 Å². The molecule has 0 atom stereocenters. The molecule has 92 valence electrons. The maximum atomic E-state index is 10.8. The first-order valence-corrected chi connectivity index (χ1v) is 7.12. The Balaban J connectivity index is 1.98. The van der Waals surface area contributed by atoms with Gasteiger partial charge in [0.15, 0.2) is 0 Å². The molecule has 1 aromatic carbocycles. The normalized spacial score (nSPS) is 16.3. The average molecular weight is 250 g/mol. The van der Waals surface area contributed by atoms with Gasteiger partial charge in [-0.2, -0.15) is 0 Å². The van der Waals surface area contributed by atoms with Gasteiger partial charge >= 0.3 is 5.97 Å². The van der Waals surface area contributed by atoms with Gasteiger partial charge in [-0.25, -0.2) is 4.79 Å².